The summed E-state index contributed by atoms with van der Waals surface area (Å²) in [5.41, 5.74) is 2.11. The lowest BCUT2D eigenvalue weighted by Crippen LogP contribution is -2.64. The Hall–Kier alpha value is -4.42. The summed E-state index contributed by atoms with van der Waals surface area (Å²) in [6.45, 7) is 3.08. The second kappa shape index (κ2) is 15.9. The number of halogens is 3. The van der Waals surface area contributed by atoms with Crippen LogP contribution in [-0.2, 0) is 29.5 Å². The lowest BCUT2D eigenvalue weighted by molar-refractivity contribution is -0.206. The third-order valence-corrected chi connectivity index (χ3v) is 10.5. The number of hydrogen-bond donors (Lipinski definition) is 5. The average molecular weight is 750 g/mol. The Labute approximate surface area is 303 Å². The van der Waals surface area contributed by atoms with E-state index in [1.54, 1.807) is 0 Å². The van der Waals surface area contributed by atoms with Crippen LogP contribution in [0.2, 0.25) is 0 Å². The Morgan fingerprint density at radius 3 is 2.28 bits per heavy atom. The molecular formula is C35H46F3N7O8. The Bertz CT molecular complexity index is 1660. The molecule has 53 heavy (non-hydrogen) atoms. The van der Waals surface area contributed by atoms with Crippen LogP contribution in [0.5, 0.6) is 0 Å². The molecule has 4 amide bonds. The zero-order valence-electron chi connectivity index (χ0n) is 29.6. The number of amides is 4. The van der Waals surface area contributed by atoms with Crippen molar-refractivity contribution in [2.24, 2.45) is 11.7 Å². The molecule has 1 aromatic carbocycles. The summed E-state index contributed by atoms with van der Waals surface area (Å²) in [4.78, 5) is 69.0. The number of nitrogens with one attached hydrogen (secondary N) is 2. The minimum atomic E-state index is -4.91. The predicted octanol–water partition coefficient (Wildman–Crippen LogP) is 1.73. The third kappa shape index (κ3) is 9.04. The SMILES string of the molecule is CC(C)(O)c1cnnn1[C@H]1C[C@@H](C(=O)NC2(C(=O)C(N)=O)CCOCC2)N(C(=O)C(CC2CCCCC2)NC(=O)c2ccc(C(O)C(F)(F)F)cc2)C1. The van der Waals surface area contributed by atoms with Crippen molar-refractivity contribution in [3.05, 3.63) is 47.3 Å². The van der Waals surface area contributed by atoms with Crippen molar-refractivity contribution in [3.63, 3.8) is 0 Å². The lowest BCUT2D eigenvalue weighted by Gasteiger charge is -2.37. The summed E-state index contributed by atoms with van der Waals surface area (Å²) in [7, 11) is 0. The van der Waals surface area contributed by atoms with E-state index in [1.165, 1.54) is 29.6 Å². The molecular weight excluding hydrogens is 703 g/mol. The van der Waals surface area contributed by atoms with E-state index in [4.69, 9.17) is 10.5 Å². The molecule has 0 bridgehead atoms. The number of aliphatic hydroxyl groups is 2. The molecule has 3 fully saturated rings. The highest BCUT2D eigenvalue weighted by molar-refractivity contribution is 6.39. The number of primary amides is 1. The van der Waals surface area contributed by atoms with Crippen molar-refractivity contribution < 1.29 is 52.1 Å². The number of likely N-dealkylation sites (tertiary alicyclic amines) is 1. The topological polar surface area (TPSA) is 219 Å². The Morgan fingerprint density at radius 1 is 1.06 bits per heavy atom. The molecule has 4 atom stereocenters. The maximum atomic E-state index is 14.7. The first-order chi connectivity index (χ1) is 24.9. The molecule has 3 aliphatic rings. The molecule has 0 spiro atoms. The number of rotatable bonds is 12. The summed E-state index contributed by atoms with van der Waals surface area (Å²) in [6, 6.07) is 1.11. The van der Waals surface area contributed by atoms with E-state index in [9.17, 15) is 47.4 Å². The number of nitrogens with two attached hydrogens (primary N) is 1. The van der Waals surface area contributed by atoms with Gasteiger partial charge in [-0.3, -0.25) is 24.0 Å². The van der Waals surface area contributed by atoms with Crippen molar-refractivity contribution in [2.75, 3.05) is 19.8 Å². The van der Waals surface area contributed by atoms with Gasteiger partial charge in [0.15, 0.2) is 6.10 Å². The van der Waals surface area contributed by atoms with Gasteiger partial charge in [-0.25, -0.2) is 4.68 Å². The summed E-state index contributed by atoms with van der Waals surface area (Å²) in [6.07, 6.45) is -1.71. The van der Waals surface area contributed by atoms with Crippen LogP contribution in [-0.4, -0.2) is 103 Å². The van der Waals surface area contributed by atoms with Crippen LogP contribution in [0.1, 0.15) is 105 Å². The standard InChI is InChI=1S/C35H46F3N7O8/c1-33(2,52)26-18-40-43-45(26)23-17-25(31(50)42-34(28(47)29(39)48)12-14-53-15-13-34)44(19-23)32(51)24(16-20-6-4-3-5-7-20)41-30(49)22-10-8-21(9-11-22)27(46)35(36,37)38/h8-11,18,20,23-25,27,46,52H,3-7,12-17,19H2,1-2H3,(H2,39,48)(H,41,49)(H,42,50)/t23-,24?,25-,27?/m0/s1. The van der Waals surface area contributed by atoms with Gasteiger partial charge in [-0.05, 0) is 43.9 Å². The maximum Gasteiger partial charge on any atom is 0.418 e. The van der Waals surface area contributed by atoms with Crippen LogP contribution >= 0.6 is 0 Å². The van der Waals surface area contributed by atoms with E-state index < -0.39 is 76.5 Å². The van der Waals surface area contributed by atoms with Gasteiger partial charge in [-0.15, -0.1) is 5.10 Å². The fourth-order valence-corrected chi connectivity index (χ4v) is 7.54. The van der Waals surface area contributed by atoms with Crippen molar-refractivity contribution >= 4 is 29.4 Å². The van der Waals surface area contributed by atoms with Crippen LogP contribution in [0.25, 0.3) is 0 Å². The fraction of sp³-hybridized carbons (Fsp3) is 0.629. The second-order valence-corrected chi connectivity index (χ2v) is 14.7. The Balaban J connectivity index is 1.47. The molecule has 1 aliphatic carbocycles. The van der Waals surface area contributed by atoms with Crippen LogP contribution in [0.4, 0.5) is 13.2 Å². The van der Waals surface area contributed by atoms with Gasteiger partial charge in [0.1, 0.15) is 23.2 Å². The monoisotopic (exact) mass is 749 g/mol. The van der Waals surface area contributed by atoms with E-state index in [0.717, 1.165) is 56.4 Å². The van der Waals surface area contributed by atoms with Gasteiger partial charge in [0.2, 0.25) is 17.6 Å². The van der Waals surface area contributed by atoms with Gasteiger partial charge in [0, 0.05) is 44.6 Å². The zero-order valence-corrected chi connectivity index (χ0v) is 29.6. The largest absolute Gasteiger partial charge is 0.418 e. The lowest BCUT2D eigenvalue weighted by atomic mass is 9.84. The van der Waals surface area contributed by atoms with E-state index >= 15 is 0 Å². The van der Waals surface area contributed by atoms with Crippen molar-refractivity contribution in [1.82, 2.24) is 30.5 Å². The fourth-order valence-electron chi connectivity index (χ4n) is 7.54. The van der Waals surface area contributed by atoms with Crippen molar-refractivity contribution in [1.29, 1.82) is 0 Å². The number of carbonyl (C=O) groups is 5. The molecule has 0 radical (unpaired) electrons. The number of nitrogens with zero attached hydrogens (tertiary/aromatic N) is 4. The van der Waals surface area contributed by atoms with Crippen LogP contribution in [0, 0.1) is 5.92 Å². The van der Waals surface area contributed by atoms with Crippen LogP contribution in [0.3, 0.4) is 0 Å². The molecule has 6 N–H and O–H groups in total. The molecule has 3 heterocycles. The molecule has 5 rings (SSSR count). The van der Waals surface area contributed by atoms with Crippen LogP contribution in [0.15, 0.2) is 30.5 Å². The van der Waals surface area contributed by atoms with Gasteiger partial charge >= 0.3 is 6.18 Å². The molecule has 1 saturated carbocycles. The number of Topliss-reactive ketones (excluding diaryl/α,β-unsaturated/α-hetero) is 1. The van der Waals surface area contributed by atoms with Crippen molar-refractivity contribution in [3.8, 4) is 0 Å². The second-order valence-electron chi connectivity index (χ2n) is 14.7. The molecule has 290 valence electrons. The van der Waals surface area contributed by atoms with E-state index in [-0.39, 0.29) is 56.9 Å². The van der Waals surface area contributed by atoms with Crippen LogP contribution < -0.4 is 16.4 Å². The average Bonchev–Trinajstić information content (AvgIpc) is 3.80. The first-order valence-electron chi connectivity index (χ1n) is 17.7. The highest BCUT2D eigenvalue weighted by atomic mass is 19.4. The highest BCUT2D eigenvalue weighted by Crippen LogP contribution is 2.35. The molecule has 2 aromatic rings. The predicted molar refractivity (Wildman–Crippen MR) is 179 cm³/mol. The normalized spacial score (nSPS) is 22.1. The van der Waals surface area contributed by atoms with Crippen molar-refractivity contribution in [2.45, 2.75) is 113 Å². The molecule has 2 unspecified atom stereocenters. The Kier molecular flexibility index (Phi) is 11.9. The molecule has 2 aliphatic heterocycles. The zero-order chi connectivity index (χ0) is 38.7. The molecule has 1 aromatic heterocycles. The smallest absolute Gasteiger partial charge is 0.384 e. The van der Waals surface area contributed by atoms with E-state index in [0.29, 0.717) is 5.69 Å². The first kappa shape index (κ1) is 39.8. The number of aromatic nitrogens is 3. The summed E-state index contributed by atoms with van der Waals surface area (Å²) in [5, 5.41) is 34.0. The third-order valence-electron chi connectivity index (χ3n) is 10.5. The number of hydrogen-bond acceptors (Lipinski definition) is 10. The molecule has 18 heteroatoms. The molecule has 2 saturated heterocycles. The molecule has 15 nitrogen and oxygen atoms in total. The highest BCUT2D eigenvalue weighted by Gasteiger charge is 2.49. The number of alkyl halides is 3. The summed E-state index contributed by atoms with van der Waals surface area (Å²) in [5.74, 6) is -4.32. The summed E-state index contributed by atoms with van der Waals surface area (Å²) >= 11 is 0. The minimum absolute atomic E-state index is 0.0321. The van der Waals surface area contributed by atoms with E-state index in [1.807, 2.05) is 0 Å². The maximum absolute atomic E-state index is 14.7. The Morgan fingerprint density at radius 2 is 1.70 bits per heavy atom. The van der Waals surface area contributed by atoms with Gasteiger partial charge in [0.25, 0.3) is 11.8 Å². The van der Waals surface area contributed by atoms with Gasteiger partial charge in [0.05, 0.1) is 17.9 Å². The summed E-state index contributed by atoms with van der Waals surface area (Å²) < 4.78 is 46.0. The van der Waals surface area contributed by atoms with E-state index in [2.05, 4.69) is 20.9 Å². The van der Waals surface area contributed by atoms with Gasteiger partial charge in [-0.1, -0.05) is 49.5 Å². The minimum Gasteiger partial charge on any atom is -0.384 e. The first-order valence-corrected chi connectivity index (χ1v) is 17.7. The quantitative estimate of drug-likeness (QED) is 0.198. The number of ether oxygens (including phenoxy) is 1. The number of benzene rings is 1. The number of ketones is 1. The van der Waals surface area contributed by atoms with Gasteiger partial charge in [-0.2, -0.15) is 13.2 Å². The number of aliphatic hydroxyl groups excluding tert-OH is 1. The van der Waals surface area contributed by atoms with Gasteiger partial charge < -0.3 is 36.2 Å². The number of carbonyl (C=O) groups excluding carboxylic acids is 5.